The Morgan fingerprint density at radius 1 is 1.40 bits per heavy atom. The van der Waals surface area contributed by atoms with Crippen LogP contribution in [0.4, 0.5) is 0 Å². The van der Waals surface area contributed by atoms with Crippen molar-refractivity contribution in [3.8, 4) is 0 Å². The van der Waals surface area contributed by atoms with E-state index in [-0.39, 0.29) is 12.4 Å². The highest BCUT2D eigenvalue weighted by atomic mass is 35.5. The minimum Gasteiger partial charge on any atom is -0.326 e. The molecule has 1 aliphatic heterocycles. The number of fused-ring (bicyclic) bond motifs is 1. The maximum absolute atomic E-state index is 6.07. The summed E-state index contributed by atoms with van der Waals surface area (Å²) in [4.78, 5) is 6.93. The van der Waals surface area contributed by atoms with Gasteiger partial charge in [0.15, 0.2) is 5.65 Å². The van der Waals surface area contributed by atoms with Gasteiger partial charge in [-0.1, -0.05) is 6.92 Å². The van der Waals surface area contributed by atoms with Crippen LogP contribution in [-0.2, 0) is 13.6 Å². The van der Waals surface area contributed by atoms with Crippen molar-refractivity contribution in [3.05, 3.63) is 23.5 Å². The first-order valence-electron chi connectivity index (χ1n) is 6.81. The van der Waals surface area contributed by atoms with Gasteiger partial charge in [-0.3, -0.25) is 9.58 Å². The van der Waals surface area contributed by atoms with Crippen LogP contribution in [0.15, 0.2) is 12.3 Å². The molecule has 0 amide bonds. The maximum atomic E-state index is 6.07. The van der Waals surface area contributed by atoms with E-state index in [4.69, 9.17) is 5.73 Å². The fourth-order valence-corrected chi connectivity index (χ4v) is 2.92. The Morgan fingerprint density at radius 3 is 2.80 bits per heavy atom. The number of aryl methyl sites for hydroxylation is 2. The van der Waals surface area contributed by atoms with Crippen LogP contribution >= 0.6 is 12.4 Å². The monoisotopic (exact) mass is 295 g/mol. The molecule has 20 heavy (non-hydrogen) atoms. The van der Waals surface area contributed by atoms with Gasteiger partial charge in [-0.05, 0) is 24.5 Å². The van der Waals surface area contributed by atoms with Crippen molar-refractivity contribution in [2.45, 2.75) is 26.4 Å². The van der Waals surface area contributed by atoms with Gasteiger partial charge in [-0.2, -0.15) is 5.10 Å². The Labute approximate surface area is 125 Å². The summed E-state index contributed by atoms with van der Waals surface area (Å²) in [6.07, 6.45) is 1.96. The lowest BCUT2D eigenvalue weighted by molar-refractivity contribution is 0.318. The van der Waals surface area contributed by atoms with Crippen molar-refractivity contribution >= 4 is 23.4 Å². The van der Waals surface area contributed by atoms with Gasteiger partial charge in [0.05, 0.1) is 5.69 Å². The number of hydrogen-bond donors (Lipinski definition) is 1. The lowest BCUT2D eigenvalue weighted by atomic mass is 10.1. The number of aromatic nitrogens is 3. The van der Waals surface area contributed by atoms with Crippen LogP contribution in [0.2, 0.25) is 0 Å². The lowest BCUT2D eigenvalue weighted by Gasteiger charge is -2.14. The first-order chi connectivity index (χ1) is 9.04. The van der Waals surface area contributed by atoms with E-state index in [1.165, 1.54) is 5.56 Å². The molecular formula is C14H22ClN5. The van der Waals surface area contributed by atoms with E-state index in [9.17, 15) is 0 Å². The van der Waals surface area contributed by atoms with Gasteiger partial charge in [0.1, 0.15) is 0 Å². The standard InChI is InChI=1S/C14H21N5.ClH/c1-9-6-19(8-13(9)15)7-11-4-12-10(2)17-18(3)14(12)16-5-11;/h4-5,9,13H,6-8,15H2,1-3H3;1H. The highest BCUT2D eigenvalue weighted by Crippen LogP contribution is 2.20. The smallest absolute Gasteiger partial charge is 0.157 e. The van der Waals surface area contributed by atoms with Crippen molar-refractivity contribution in [2.75, 3.05) is 13.1 Å². The van der Waals surface area contributed by atoms with Crippen LogP contribution in [0.1, 0.15) is 18.2 Å². The molecule has 2 aromatic rings. The fourth-order valence-electron chi connectivity index (χ4n) is 2.92. The number of rotatable bonds is 2. The Hall–Kier alpha value is -1.17. The third-order valence-corrected chi connectivity index (χ3v) is 4.07. The van der Waals surface area contributed by atoms with E-state index in [1.54, 1.807) is 0 Å². The molecule has 0 saturated carbocycles. The fraction of sp³-hybridized carbons (Fsp3) is 0.571. The number of nitrogens with zero attached hydrogens (tertiary/aromatic N) is 4. The second-order valence-corrected chi connectivity index (χ2v) is 5.76. The highest BCUT2D eigenvalue weighted by molar-refractivity contribution is 5.85. The molecule has 2 atom stereocenters. The molecule has 5 nitrogen and oxygen atoms in total. The van der Waals surface area contributed by atoms with E-state index in [0.717, 1.165) is 36.4 Å². The van der Waals surface area contributed by atoms with Crippen molar-refractivity contribution in [3.63, 3.8) is 0 Å². The number of hydrogen-bond acceptors (Lipinski definition) is 4. The molecule has 0 bridgehead atoms. The second-order valence-electron chi connectivity index (χ2n) is 5.76. The SMILES string of the molecule is Cc1nn(C)c2ncc(CN3CC(C)C(N)C3)cc12.Cl. The van der Waals surface area contributed by atoms with Crippen molar-refractivity contribution in [2.24, 2.45) is 18.7 Å². The summed E-state index contributed by atoms with van der Waals surface area (Å²) in [6.45, 7) is 7.23. The van der Waals surface area contributed by atoms with Gasteiger partial charge < -0.3 is 5.73 Å². The summed E-state index contributed by atoms with van der Waals surface area (Å²) in [5.41, 5.74) is 9.30. The molecule has 2 N–H and O–H groups in total. The molecule has 2 aromatic heterocycles. The summed E-state index contributed by atoms with van der Waals surface area (Å²) >= 11 is 0. The molecule has 0 spiro atoms. The second kappa shape index (κ2) is 5.68. The average molecular weight is 296 g/mol. The summed E-state index contributed by atoms with van der Waals surface area (Å²) in [5, 5.41) is 5.56. The number of nitrogens with two attached hydrogens (primary N) is 1. The van der Waals surface area contributed by atoms with Crippen molar-refractivity contribution in [1.29, 1.82) is 0 Å². The highest BCUT2D eigenvalue weighted by Gasteiger charge is 2.26. The molecule has 6 heteroatoms. The molecule has 3 heterocycles. The summed E-state index contributed by atoms with van der Waals surface area (Å²) in [5.74, 6) is 0.580. The Bertz CT molecular complexity index is 599. The van der Waals surface area contributed by atoms with Crippen LogP contribution in [0, 0.1) is 12.8 Å². The quantitative estimate of drug-likeness (QED) is 0.912. The van der Waals surface area contributed by atoms with Crippen LogP contribution in [0.25, 0.3) is 11.0 Å². The molecule has 1 aliphatic rings. The predicted molar refractivity (Wildman–Crippen MR) is 82.9 cm³/mol. The molecule has 2 unspecified atom stereocenters. The molecule has 0 aromatic carbocycles. The average Bonchev–Trinajstić information content (AvgIpc) is 2.81. The Morgan fingerprint density at radius 2 is 2.15 bits per heavy atom. The summed E-state index contributed by atoms with van der Waals surface area (Å²) in [7, 11) is 1.93. The topological polar surface area (TPSA) is 60.0 Å². The van der Waals surface area contributed by atoms with Gasteiger partial charge in [0.25, 0.3) is 0 Å². The molecule has 0 radical (unpaired) electrons. The lowest BCUT2D eigenvalue weighted by Crippen LogP contribution is -2.28. The van der Waals surface area contributed by atoms with E-state index in [0.29, 0.717) is 12.0 Å². The van der Waals surface area contributed by atoms with E-state index < -0.39 is 0 Å². The largest absolute Gasteiger partial charge is 0.326 e. The first-order valence-corrected chi connectivity index (χ1v) is 6.81. The molecule has 1 saturated heterocycles. The Kier molecular flexibility index (Phi) is 4.32. The van der Waals surface area contributed by atoms with Crippen LogP contribution in [-0.4, -0.2) is 38.8 Å². The third-order valence-electron chi connectivity index (χ3n) is 4.07. The van der Waals surface area contributed by atoms with Gasteiger partial charge in [-0.15, -0.1) is 12.4 Å². The Balaban J connectivity index is 0.00000147. The van der Waals surface area contributed by atoms with Crippen molar-refractivity contribution in [1.82, 2.24) is 19.7 Å². The number of halogens is 1. The number of likely N-dealkylation sites (tertiary alicyclic amines) is 1. The van der Waals surface area contributed by atoms with E-state index in [1.807, 2.05) is 24.9 Å². The van der Waals surface area contributed by atoms with Crippen molar-refractivity contribution < 1.29 is 0 Å². The molecular weight excluding hydrogens is 274 g/mol. The maximum Gasteiger partial charge on any atom is 0.157 e. The van der Waals surface area contributed by atoms with Crippen LogP contribution < -0.4 is 5.73 Å². The van der Waals surface area contributed by atoms with Crippen LogP contribution in [0.5, 0.6) is 0 Å². The minimum atomic E-state index is 0. The molecule has 1 fully saturated rings. The zero-order valence-corrected chi connectivity index (χ0v) is 13.0. The molecule has 110 valence electrons. The predicted octanol–water partition coefficient (Wildman–Crippen LogP) is 1.48. The summed E-state index contributed by atoms with van der Waals surface area (Å²) in [6, 6.07) is 2.51. The van der Waals surface area contributed by atoms with E-state index in [2.05, 4.69) is 28.0 Å². The zero-order chi connectivity index (χ0) is 13.6. The van der Waals surface area contributed by atoms with Crippen LogP contribution in [0.3, 0.4) is 0 Å². The van der Waals surface area contributed by atoms with E-state index >= 15 is 0 Å². The van der Waals surface area contributed by atoms with Gasteiger partial charge in [0, 0.05) is 44.3 Å². The third kappa shape index (κ3) is 2.66. The van der Waals surface area contributed by atoms with Gasteiger partial charge >= 0.3 is 0 Å². The molecule has 3 rings (SSSR count). The summed E-state index contributed by atoms with van der Waals surface area (Å²) < 4.78 is 1.84. The van der Waals surface area contributed by atoms with Gasteiger partial charge in [0.2, 0.25) is 0 Å². The zero-order valence-electron chi connectivity index (χ0n) is 12.2. The normalized spacial score (nSPS) is 23.2. The van der Waals surface area contributed by atoms with Gasteiger partial charge in [-0.25, -0.2) is 4.98 Å². The molecule has 0 aliphatic carbocycles. The first kappa shape index (κ1) is 15.2. The number of pyridine rings is 1. The minimum absolute atomic E-state index is 0.